The third kappa shape index (κ3) is 2.90. The molecule has 0 aromatic carbocycles. The van der Waals surface area contributed by atoms with E-state index in [1.54, 1.807) is 37.5 Å². The van der Waals surface area contributed by atoms with Crippen molar-refractivity contribution in [2.24, 2.45) is 0 Å². The van der Waals surface area contributed by atoms with Crippen molar-refractivity contribution in [2.45, 2.75) is 6.92 Å². The van der Waals surface area contributed by atoms with E-state index in [9.17, 15) is 4.79 Å². The molecule has 2 heterocycles. The summed E-state index contributed by atoms with van der Waals surface area (Å²) < 4.78 is 0. The fourth-order valence-electron chi connectivity index (χ4n) is 1.34. The van der Waals surface area contributed by atoms with Gasteiger partial charge in [0.15, 0.2) is 11.5 Å². The molecule has 0 spiro atoms. The van der Waals surface area contributed by atoms with Gasteiger partial charge in [-0.2, -0.15) is 0 Å². The normalized spacial score (nSPS) is 9.47. The second kappa shape index (κ2) is 5.57. The third-order valence-electron chi connectivity index (χ3n) is 2.04. The van der Waals surface area contributed by atoms with E-state index in [0.29, 0.717) is 17.1 Å². The molecule has 6 heteroatoms. The summed E-state index contributed by atoms with van der Waals surface area (Å²) in [6.07, 6.45) is 3.13. The van der Waals surface area contributed by atoms with Crippen LogP contribution in [0.2, 0.25) is 0 Å². The summed E-state index contributed by atoms with van der Waals surface area (Å²) in [4.78, 5) is 23.0. The third-order valence-corrected chi connectivity index (χ3v) is 2.04. The maximum atomic E-state index is 11.0. The van der Waals surface area contributed by atoms with Gasteiger partial charge in [0.05, 0.1) is 5.56 Å². The van der Waals surface area contributed by atoms with Crippen LogP contribution in [0.25, 0.3) is 11.4 Å². The molecule has 0 aliphatic heterocycles. The molecular weight excluding hydrogens is 213 g/mol. The average Bonchev–Trinajstić information content (AvgIpc) is 2.30. The first-order valence-corrected chi connectivity index (χ1v) is 4.67. The maximum absolute atomic E-state index is 11.0. The van der Waals surface area contributed by atoms with Crippen LogP contribution in [0.1, 0.15) is 17.6 Å². The quantitative estimate of drug-likeness (QED) is 0.638. The molecule has 0 unspecified atom stereocenters. The van der Waals surface area contributed by atoms with Gasteiger partial charge in [-0.25, -0.2) is 19.7 Å². The summed E-state index contributed by atoms with van der Waals surface area (Å²) in [6, 6.07) is 5.07. The van der Waals surface area contributed by atoms with Crippen molar-refractivity contribution in [1.29, 1.82) is 0 Å². The summed E-state index contributed by atoms with van der Waals surface area (Å²) in [5.74, 6) is -0.710. The number of carboxylic acids is 1. The number of aromatic nitrogens is 3. The van der Waals surface area contributed by atoms with Gasteiger partial charge in [-0.05, 0) is 25.1 Å². The molecular formula is C11H10LiN3O2. The average molecular weight is 223 g/mol. The molecule has 2 aromatic rings. The van der Waals surface area contributed by atoms with Crippen LogP contribution in [0.15, 0.2) is 30.6 Å². The zero-order valence-corrected chi connectivity index (χ0v) is 9.58. The van der Waals surface area contributed by atoms with Gasteiger partial charge < -0.3 is 6.53 Å². The number of nitrogens with zero attached hydrogens (tertiary/aromatic N) is 3. The van der Waals surface area contributed by atoms with E-state index in [-0.39, 0.29) is 26.0 Å². The van der Waals surface area contributed by atoms with E-state index in [1.165, 1.54) is 0 Å². The van der Waals surface area contributed by atoms with Gasteiger partial charge in [-0.1, -0.05) is 0 Å². The van der Waals surface area contributed by atoms with E-state index in [2.05, 4.69) is 15.0 Å². The van der Waals surface area contributed by atoms with Gasteiger partial charge in [0.1, 0.15) is 0 Å². The number of hydrogen-bond donors (Lipinski definition) is 1. The fraction of sp³-hybridized carbons (Fsp3) is 0.0909. The Morgan fingerprint density at radius 2 is 1.94 bits per heavy atom. The summed E-state index contributed by atoms with van der Waals surface area (Å²) in [7, 11) is 0. The van der Waals surface area contributed by atoms with Crippen molar-refractivity contribution < 1.29 is 30.2 Å². The molecule has 0 amide bonds. The number of aromatic carboxylic acids is 1. The largest absolute Gasteiger partial charge is 1.00 e. The van der Waals surface area contributed by atoms with Crippen molar-refractivity contribution >= 4 is 5.97 Å². The van der Waals surface area contributed by atoms with Crippen LogP contribution in [0, 0.1) is 6.92 Å². The van der Waals surface area contributed by atoms with E-state index in [1.807, 2.05) is 0 Å². The summed E-state index contributed by atoms with van der Waals surface area (Å²) >= 11 is 0. The van der Waals surface area contributed by atoms with Gasteiger partial charge in [0, 0.05) is 18.1 Å². The maximum Gasteiger partial charge on any atom is 1.00 e. The molecule has 0 radical (unpaired) electrons. The number of aryl methyl sites for hydroxylation is 1. The molecule has 2 aromatic heterocycles. The van der Waals surface area contributed by atoms with Crippen molar-refractivity contribution in [3.05, 3.63) is 42.0 Å². The topological polar surface area (TPSA) is 76.0 Å². The molecule has 0 aliphatic rings. The molecule has 2 rings (SSSR count). The minimum Gasteiger partial charge on any atom is -1.00 e. The zero-order valence-electron chi connectivity index (χ0n) is 10.6. The monoisotopic (exact) mass is 223 g/mol. The standard InChI is InChI=1S/C11H9N3O2.Li.H/c1-7-3-4-8(9(14-7)11(15)16)10-12-5-2-6-13-10;;/h2-6H,1H3,(H,15,16);;/q;+1;-1. The van der Waals surface area contributed by atoms with Crippen LogP contribution in [0.5, 0.6) is 0 Å². The van der Waals surface area contributed by atoms with E-state index < -0.39 is 5.97 Å². The second-order valence-electron chi connectivity index (χ2n) is 3.23. The Morgan fingerprint density at radius 3 is 2.53 bits per heavy atom. The van der Waals surface area contributed by atoms with Crippen LogP contribution >= 0.6 is 0 Å². The first kappa shape index (κ1) is 13.4. The Hall–Kier alpha value is -1.70. The molecule has 0 bridgehead atoms. The predicted molar refractivity (Wildman–Crippen MR) is 58.1 cm³/mol. The van der Waals surface area contributed by atoms with Crippen LogP contribution in [0.4, 0.5) is 0 Å². The molecule has 0 saturated heterocycles. The Kier molecular flexibility index (Phi) is 4.38. The first-order valence-electron chi connectivity index (χ1n) is 4.67. The SMILES string of the molecule is Cc1ccc(-c2ncccn2)c(C(=O)O)n1.[H-].[Li+]. The van der Waals surface area contributed by atoms with Crippen molar-refractivity contribution in [1.82, 2.24) is 15.0 Å². The van der Waals surface area contributed by atoms with Crippen molar-refractivity contribution in [2.75, 3.05) is 0 Å². The molecule has 82 valence electrons. The van der Waals surface area contributed by atoms with E-state index in [0.717, 1.165) is 0 Å². The molecule has 17 heavy (non-hydrogen) atoms. The van der Waals surface area contributed by atoms with E-state index in [4.69, 9.17) is 5.11 Å². The second-order valence-corrected chi connectivity index (χ2v) is 3.23. The molecule has 0 aliphatic carbocycles. The number of rotatable bonds is 2. The van der Waals surface area contributed by atoms with Gasteiger partial charge in [0.25, 0.3) is 0 Å². The number of carboxylic acid groups (broad SMARTS) is 1. The Morgan fingerprint density at radius 1 is 1.29 bits per heavy atom. The fourth-order valence-corrected chi connectivity index (χ4v) is 1.34. The van der Waals surface area contributed by atoms with Crippen LogP contribution in [-0.2, 0) is 0 Å². The smallest absolute Gasteiger partial charge is 1.00 e. The van der Waals surface area contributed by atoms with Gasteiger partial charge in [-0.3, -0.25) is 0 Å². The summed E-state index contributed by atoms with van der Waals surface area (Å²) in [5.41, 5.74) is 1.06. The summed E-state index contributed by atoms with van der Waals surface area (Å²) in [6.45, 7) is 1.74. The summed E-state index contributed by atoms with van der Waals surface area (Å²) in [5, 5.41) is 9.03. The van der Waals surface area contributed by atoms with Gasteiger partial charge >= 0.3 is 24.8 Å². The number of pyridine rings is 1. The van der Waals surface area contributed by atoms with Crippen molar-refractivity contribution in [3.63, 3.8) is 0 Å². The van der Waals surface area contributed by atoms with Crippen molar-refractivity contribution in [3.8, 4) is 11.4 Å². The molecule has 0 saturated carbocycles. The van der Waals surface area contributed by atoms with Crippen LogP contribution in [-0.4, -0.2) is 26.0 Å². The van der Waals surface area contributed by atoms with E-state index >= 15 is 0 Å². The first-order chi connectivity index (χ1) is 7.68. The zero-order chi connectivity index (χ0) is 11.5. The number of carbonyl (C=O) groups is 1. The Bertz CT molecular complexity index is 537. The minimum atomic E-state index is -1.08. The van der Waals surface area contributed by atoms with Gasteiger partial charge in [-0.15, -0.1) is 0 Å². The predicted octanol–water partition coefficient (Wildman–Crippen LogP) is -1.34. The number of hydrogen-bond acceptors (Lipinski definition) is 4. The van der Waals surface area contributed by atoms with Crippen LogP contribution < -0.4 is 18.9 Å². The molecule has 5 nitrogen and oxygen atoms in total. The molecule has 0 fully saturated rings. The molecule has 1 N–H and O–H groups in total. The Balaban J connectivity index is 0.00000144. The van der Waals surface area contributed by atoms with Gasteiger partial charge in [0.2, 0.25) is 0 Å². The molecule has 0 atom stereocenters. The van der Waals surface area contributed by atoms with Crippen LogP contribution in [0.3, 0.4) is 0 Å². The minimum absolute atomic E-state index is 0. The Labute approximate surface area is 112 Å².